The van der Waals surface area contributed by atoms with E-state index in [1.807, 2.05) is 0 Å². The third-order valence-electron chi connectivity index (χ3n) is 1.76. The van der Waals surface area contributed by atoms with E-state index in [1.165, 1.54) is 6.92 Å². The molecule has 0 saturated heterocycles. The van der Waals surface area contributed by atoms with E-state index < -0.39 is 29.5 Å². The van der Waals surface area contributed by atoms with E-state index in [1.54, 1.807) is 0 Å². The van der Waals surface area contributed by atoms with E-state index in [9.17, 15) is 18.0 Å². The highest BCUT2D eigenvalue weighted by Crippen LogP contribution is 2.25. The first kappa shape index (κ1) is 12.3. The Morgan fingerprint density at radius 2 is 2.25 bits per heavy atom. The molecular weight excluding hydrogens is 225 g/mol. The summed E-state index contributed by atoms with van der Waals surface area (Å²) in [5, 5.41) is 0. The summed E-state index contributed by atoms with van der Waals surface area (Å²) >= 11 is 0. The third-order valence-corrected chi connectivity index (χ3v) is 1.76. The van der Waals surface area contributed by atoms with Crippen LogP contribution in [0.25, 0.3) is 0 Å². The van der Waals surface area contributed by atoms with Crippen molar-refractivity contribution in [3.63, 3.8) is 0 Å². The Morgan fingerprint density at radius 1 is 1.62 bits per heavy atom. The Hall–Kier alpha value is -1.79. The normalized spacial score (nSPS) is 10.6. The molecule has 0 spiro atoms. The van der Waals surface area contributed by atoms with Crippen LogP contribution in [0.4, 0.5) is 18.9 Å². The summed E-state index contributed by atoms with van der Waals surface area (Å²) in [4.78, 5) is 14.4. The topological polar surface area (TPSA) is 65.2 Å². The molecule has 2 N–H and O–H groups in total. The number of anilines is 1. The second-order valence-electron chi connectivity index (χ2n) is 2.81. The molecule has 1 aromatic heterocycles. The number of rotatable bonds is 3. The zero-order valence-corrected chi connectivity index (χ0v) is 8.34. The first-order valence-electron chi connectivity index (χ1n) is 4.38. The number of nitrogen functional groups attached to an aromatic ring is 1. The van der Waals surface area contributed by atoms with Crippen LogP contribution < -0.4 is 5.73 Å². The van der Waals surface area contributed by atoms with Gasteiger partial charge in [0.05, 0.1) is 18.5 Å². The van der Waals surface area contributed by atoms with Gasteiger partial charge in [0.1, 0.15) is 11.3 Å². The highest BCUT2D eigenvalue weighted by Gasteiger charge is 2.25. The number of alkyl halides is 2. The van der Waals surface area contributed by atoms with Gasteiger partial charge in [-0.2, -0.15) is 0 Å². The Morgan fingerprint density at radius 3 is 2.75 bits per heavy atom. The maximum atomic E-state index is 13.4. The highest BCUT2D eigenvalue weighted by atomic mass is 19.3. The summed E-state index contributed by atoms with van der Waals surface area (Å²) in [6.07, 6.45) is -2.31. The van der Waals surface area contributed by atoms with Crippen LogP contribution in [0.15, 0.2) is 6.20 Å². The van der Waals surface area contributed by atoms with Crippen LogP contribution in [0.3, 0.4) is 0 Å². The molecular formula is C9H9F3N2O2. The number of nitrogens with two attached hydrogens (primary N) is 1. The van der Waals surface area contributed by atoms with E-state index in [0.29, 0.717) is 0 Å². The zero-order valence-electron chi connectivity index (χ0n) is 8.34. The molecule has 0 aromatic carbocycles. The lowest BCUT2D eigenvalue weighted by atomic mass is 10.2. The molecule has 0 aliphatic carbocycles. The lowest BCUT2D eigenvalue weighted by molar-refractivity contribution is 0.0520. The molecule has 7 heteroatoms. The lowest BCUT2D eigenvalue weighted by Gasteiger charge is -2.08. The van der Waals surface area contributed by atoms with Gasteiger partial charge in [-0.3, -0.25) is 0 Å². The van der Waals surface area contributed by atoms with Crippen molar-refractivity contribution in [2.24, 2.45) is 0 Å². The molecule has 0 atom stereocenters. The summed E-state index contributed by atoms with van der Waals surface area (Å²) in [6, 6.07) is 0. The van der Waals surface area contributed by atoms with Crippen LogP contribution in [-0.2, 0) is 4.74 Å². The van der Waals surface area contributed by atoms with Crippen LogP contribution in [0.2, 0.25) is 0 Å². The average molecular weight is 234 g/mol. The van der Waals surface area contributed by atoms with Gasteiger partial charge >= 0.3 is 5.97 Å². The second kappa shape index (κ2) is 4.82. The van der Waals surface area contributed by atoms with E-state index >= 15 is 0 Å². The molecule has 0 radical (unpaired) electrons. The fraction of sp³-hybridized carbons (Fsp3) is 0.333. The molecule has 88 valence electrons. The number of nitrogens with zero attached hydrogens (tertiary/aromatic N) is 1. The maximum Gasteiger partial charge on any atom is 0.343 e. The van der Waals surface area contributed by atoms with Crippen molar-refractivity contribution in [1.82, 2.24) is 4.98 Å². The monoisotopic (exact) mass is 234 g/mol. The van der Waals surface area contributed by atoms with E-state index in [0.717, 1.165) is 6.20 Å². The van der Waals surface area contributed by atoms with E-state index in [-0.39, 0.29) is 12.3 Å². The first-order valence-corrected chi connectivity index (χ1v) is 4.38. The van der Waals surface area contributed by atoms with Crippen LogP contribution in [0.1, 0.15) is 29.4 Å². The standard InChI is InChI=1S/C9H9F3N2O2/c1-2-16-9(15)5-4(13)3-14-7(6(5)10)8(11)12/h3,8H,2,13H2,1H3. The number of carbonyl (C=O) groups is 1. The van der Waals surface area contributed by atoms with Gasteiger partial charge in [-0.05, 0) is 6.92 Å². The van der Waals surface area contributed by atoms with Crippen LogP contribution in [0, 0.1) is 5.82 Å². The van der Waals surface area contributed by atoms with Crippen molar-refractivity contribution in [3.05, 3.63) is 23.3 Å². The number of esters is 1. The van der Waals surface area contributed by atoms with Crippen molar-refractivity contribution in [2.45, 2.75) is 13.3 Å². The quantitative estimate of drug-likeness (QED) is 0.811. The number of aromatic nitrogens is 1. The van der Waals surface area contributed by atoms with Crippen molar-refractivity contribution < 1.29 is 22.7 Å². The molecule has 0 bridgehead atoms. The molecule has 16 heavy (non-hydrogen) atoms. The van der Waals surface area contributed by atoms with E-state index in [2.05, 4.69) is 9.72 Å². The lowest BCUT2D eigenvalue weighted by Crippen LogP contribution is -2.13. The molecule has 0 saturated carbocycles. The summed E-state index contributed by atoms with van der Waals surface area (Å²) < 4.78 is 42.5. The van der Waals surface area contributed by atoms with Gasteiger partial charge < -0.3 is 10.5 Å². The van der Waals surface area contributed by atoms with Crippen LogP contribution in [0.5, 0.6) is 0 Å². The Bertz CT molecular complexity index is 410. The molecule has 4 nitrogen and oxygen atoms in total. The molecule has 1 heterocycles. The average Bonchev–Trinajstić information content (AvgIpc) is 2.17. The predicted octanol–water partition coefficient (Wildman–Crippen LogP) is 1.92. The predicted molar refractivity (Wildman–Crippen MR) is 49.5 cm³/mol. The number of hydrogen-bond donors (Lipinski definition) is 1. The molecule has 0 fully saturated rings. The van der Waals surface area contributed by atoms with Crippen molar-refractivity contribution in [2.75, 3.05) is 12.3 Å². The zero-order chi connectivity index (χ0) is 12.3. The smallest absolute Gasteiger partial charge is 0.343 e. The van der Waals surface area contributed by atoms with Crippen molar-refractivity contribution in [3.8, 4) is 0 Å². The van der Waals surface area contributed by atoms with Crippen molar-refractivity contribution in [1.29, 1.82) is 0 Å². The molecule has 0 amide bonds. The second-order valence-corrected chi connectivity index (χ2v) is 2.81. The molecule has 1 aromatic rings. The number of halogens is 3. The van der Waals surface area contributed by atoms with Crippen LogP contribution in [-0.4, -0.2) is 17.6 Å². The summed E-state index contributed by atoms with van der Waals surface area (Å²) in [5.74, 6) is -2.52. The van der Waals surface area contributed by atoms with Gasteiger partial charge in [0.15, 0.2) is 5.82 Å². The van der Waals surface area contributed by atoms with Crippen LogP contribution >= 0.6 is 0 Å². The Labute approximate surface area is 89.2 Å². The largest absolute Gasteiger partial charge is 0.462 e. The Kier molecular flexibility index (Phi) is 3.70. The van der Waals surface area contributed by atoms with Crippen molar-refractivity contribution >= 4 is 11.7 Å². The van der Waals surface area contributed by atoms with Gasteiger partial charge in [0.2, 0.25) is 0 Å². The summed E-state index contributed by atoms with van der Waals surface area (Å²) in [6.45, 7) is 1.49. The van der Waals surface area contributed by atoms with Gasteiger partial charge in [0.25, 0.3) is 6.43 Å². The maximum absolute atomic E-state index is 13.4. The van der Waals surface area contributed by atoms with Gasteiger partial charge in [0, 0.05) is 0 Å². The fourth-order valence-electron chi connectivity index (χ4n) is 1.08. The minimum atomic E-state index is -3.12. The van der Waals surface area contributed by atoms with E-state index in [4.69, 9.17) is 5.73 Å². The number of ether oxygens (including phenoxy) is 1. The summed E-state index contributed by atoms with van der Waals surface area (Å²) in [5.41, 5.74) is 3.13. The fourth-order valence-corrected chi connectivity index (χ4v) is 1.08. The molecule has 0 aliphatic rings. The third kappa shape index (κ3) is 2.23. The SMILES string of the molecule is CCOC(=O)c1c(N)cnc(C(F)F)c1F. The van der Waals surface area contributed by atoms with Gasteiger partial charge in [-0.25, -0.2) is 22.9 Å². The number of hydrogen-bond acceptors (Lipinski definition) is 4. The summed E-state index contributed by atoms with van der Waals surface area (Å²) in [7, 11) is 0. The highest BCUT2D eigenvalue weighted by molar-refractivity contribution is 5.95. The molecule has 0 unspecified atom stereocenters. The number of carbonyl (C=O) groups excluding carboxylic acids is 1. The minimum Gasteiger partial charge on any atom is -0.462 e. The number of pyridine rings is 1. The van der Waals surface area contributed by atoms with Gasteiger partial charge in [-0.1, -0.05) is 0 Å². The van der Waals surface area contributed by atoms with Gasteiger partial charge in [-0.15, -0.1) is 0 Å². The minimum absolute atomic E-state index is 0.00987. The molecule has 0 aliphatic heterocycles. The molecule has 1 rings (SSSR count). The Balaban J connectivity index is 3.26. The first-order chi connectivity index (χ1) is 7.49.